The zero-order valence-electron chi connectivity index (χ0n) is 37.4. The van der Waals surface area contributed by atoms with E-state index in [4.69, 9.17) is 0 Å². The molecule has 0 heterocycles. The molecule has 0 atom stereocenters. The zero-order chi connectivity index (χ0) is 45.0. The molecule has 1 nitrogen and oxygen atoms in total. The van der Waals surface area contributed by atoms with E-state index >= 15 is 0 Å². The molecule has 13 rings (SSSR count). The molecule has 2 aliphatic rings. The van der Waals surface area contributed by atoms with Gasteiger partial charge in [0.25, 0.3) is 0 Å². The van der Waals surface area contributed by atoms with Gasteiger partial charge in [-0.2, -0.15) is 0 Å². The second-order valence-corrected chi connectivity index (χ2v) is 17.9. The van der Waals surface area contributed by atoms with Crippen molar-refractivity contribution in [2.45, 2.75) is 5.41 Å². The highest BCUT2D eigenvalue weighted by Crippen LogP contribution is 2.58. The molecule has 68 heavy (non-hydrogen) atoms. The van der Waals surface area contributed by atoms with Crippen LogP contribution in [0, 0.1) is 0 Å². The summed E-state index contributed by atoms with van der Waals surface area (Å²) >= 11 is 0. The van der Waals surface area contributed by atoms with Gasteiger partial charge in [0.15, 0.2) is 0 Å². The van der Waals surface area contributed by atoms with Crippen LogP contribution in [0.3, 0.4) is 0 Å². The molecule has 2 aliphatic carbocycles. The molecule has 0 saturated carbocycles. The van der Waals surface area contributed by atoms with Gasteiger partial charge in [0.05, 0.1) is 11.1 Å². The van der Waals surface area contributed by atoms with Gasteiger partial charge in [0.2, 0.25) is 0 Å². The second-order valence-electron chi connectivity index (χ2n) is 17.9. The van der Waals surface area contributed by atoms with Crippen LogP contribution >= 0.6 is 0 Å². The number of fused-ring (bicyclic) bond motifs is 11. The number of hydrogen-bond donors (Lipinski definition) is 0. The van der Waals surface area contributed by atoms with Crippen LogP contribution in [0.4, 0.5) is 17.1 Å². The molecule has 11 aromatic rings. The molecule has 318 valence electrons. The van der Waals surface area contributed by atoms with Crippen LogP contribution in [0.25, 0.3) is 77.9 Å². The van der Waals surface area contributed by atoms with Gasteiger partial charge in [-0.1, -0.05) is 237 Å². The van der Waals surface area contributed by atoms with E-state index in [0.717, 1.165) is 28.2 Å². The molecule has 0 N–H and O–H groups in total. The highest BCUT2D eigenvalue weighted by Gasteiger charge is 2.46. The van der Waals surface area contributed by atoms with Crippen molar-refractivity contribution in [3.63, 3.8) is 0 Å². The van der Waals surface area contributed by atoms with Crippen LogP contribution in [-0.2, 0) is 5.41 Å². The Morgan fingerprint density at radius 3 is 1.16 bits per heavy atom. The quantitative estimate of drug-likeness (QED) is 0.154. The fourth-order valence-electron chi connectivity index (χ4n) is 11.4. The van der Waals surface area contributed by atoms with Crippen molar-refractivity contribution in [3.05, 3.63) is 295 Å². The van der Waals surface area contributed by atoms with Gasteiger partial charge in [-0.15, -0.1) is 0 Å². The summed E-state index contributed by atoms with van der Waals surface area (Å²) in [5, 5.41) is 0. The van der Waals surface area contributed by atoms with Gasteiger partial charge in [0, 0.05) is 16.9 Å². The summed E-state index contributed by atoms with van der Waals surface area (Å²) in [6.07, 6.45) is 0. The minimum absolute atomic E-state index is 0.500. The molecule has 0 aliphatic heterocycles. The molecule has 0 amide bonds. The van der Waals surface area contributed by atoms with Gasteiger partial charge >= 0.3 is 0 Å². The molecule has 0 saturated heterocycles. The fraction of sp³-hybridized carbons (Fsp3) is 0.0149. The summed E-state index contributed by atoms with van der Waals surface area (Å²) in [4.78, 5) is 2.51. The molecule has 1 heteroatoms. The first-order chi connectivity index (χ1) is 33.8. The van der Waals surface area contributed by atoms with Crippen LogP contribution in [0.2, 0.25) is 0 Å². The van der Waals surface area contributed by atoms with E-state index in [2.05, 4.69) is 278 Å². The minimum atomic E-state index is -0.500. The average molecular weight is 864 g/mol. The molecule has 11 aromatic carbocycles. The van der Waals surface area contributed by atoms with Crippen LogP contribution in [0.5, 0.6) is 0 Å². The van der Waals surface area contributed by atoms with Gasteiger partial charge in [-0.3, -0.25) is 0 Å². The summed E-state index contributed by atoms with van der Waals surface area (Å²) in [5.41, 5.74) is 24.8. The van der Waals surface area contributed by atoms with E-state index in [1.165, 1.54) is 89.0 Å². The van der Waals surface area contributed by atoms with Crippen molar-refractivity contribution in [1.29, 1.82) is 0 Å². The maximum absolute atomic E-state index is 2.51. The first-order valence-corrected chi connectivity index (χ1v) is 23.6. The summed E-state index contributed by atoms with van der Waals surface area (Å²) < 4.78 is 0. The third-order valence-electron chi connectivity index (χ3n) is 14.3. The Bertz CT molecular complexity index is 3620. The first-order valence-electron chi connectivity index (χ1n) is 23.6. The predicted molar refractivity (Wildman–Crippen MR) is 285 cm³/mol. The number of anilines is 3. The molecule has 0 aromatic heterocycles. The van der Waals surface area contributed by atoms with Gasteiger partial charge in [-0.05, 0) is 131 Å². The average Bonchev–Trinajstić information content (AvgIpc) is 3.72. The topological polar surface area (TPSA) is 3.24 Å². The Hall–Kier alpha value is -8.78. The molecular formula is C67H45N. The summed E-state index contributed by atoms with van der Waals surface area (Å²) in [6, 6.07) is 101. The van der Waals surface area contributed by atoms with E-state index < -0.39 is 5.41 Å². The third kappa shape index (κ3) is 6.24. The monoisotopic (exact) mass is 863 g/mol. The van der Waals surface area contributed by atoms with Crippen LogP contribution in [-0.4, -0.2) is 0 Å². The van der Waals surface area contributed by atoms with Gasteiger partial charge in [0.1, 0.15) is 0 Å². The second kappa shape index (κ2) is 16.3. The predicted octanol–water partition coefficient (Wildman–Crippen LogP) is 17.8. The number of benzene rings is 11. The van der Waals surface area contributed by atoms with Crippen molar-refractivity contribution >= 4 is 17.1 Å². The van der Waals surface area contributed by atoms with Crippen molar-refractivity contribution in [3.8, 4) is 77.9 Å². The van der Waals surface area contributed by atoms with Crippen molar-refractivity contribution in [2.24, 2.45) is 0 Å². The lowest BCUT2D eigenvalue weighted by atomic mass is 9.68. The van der Waals surface area contributed by atoms with E-state index in [1.807, 2.05) is 0 Å². The lowest BCUT2D eigenvalue weighted by molar-refractivity contribution is 0.768. The third-order valence-corrected chi connectivity index (χ3v) is 14.3. The normalized spacial score (nSPS) is 12.5. The molecule has 0 spiro atoms. The van der Waals surface area contributed by atoms with E-state index in [9.17, 15) is 0 Å². The number of hydrogen-bond acceptors (Lipinski definition) is 1. The van der Waals surface area contributed by atoms with Crippen LogP contribution < -0.4 is 4.90 Å². The lowest BCUT2D eigenvalue weighted by Gasteiger charge is -2.34. The zero-order valence-corrected chi connectivity index (χ0v) is 37.4. The largest absolute Gasteiger partial charge is 0.310 e. The Morgan fingerprint density at radius 1 is 0.221 bits per heavy atom. The summed E-state index contributed by atoms with van der Waals surface area (Å²) in [7, 11) is 0. The summed E-state index contributed by atoms with van der Waals surface area (Å²) in [6.45, 7) is 0. The number of rotatable bonds is 7. The smallest absolute Gasteiger partial charge is 0.0713 e. The number of nitrogens with zero attached hydrogens (tertiary/aromatic N) is 1. The molecule has 0 fully saturated rings. The Kier molecular flexibility index (Phi) is 9.47. The first kappa shape index (κ1) is 39.6. The van der Waals surface area contributed by atoms with Crippen molar-refractivity contribution in [1.82, 2.24) is 0 Å². The molecule has 0 bridgehead atoms. The van der Waals surface area contributed by atoms with Crippen molar-refractivity contribution < 1.29 is 0 Å². The Balaban J connectivity index is 1.10. The van der Waals surface area contributed by atoms with E-state index in [-0.39, 0.29) is 0 Å². The minimum Gasteiger partial charge on any atom is -0.310 e. The molecular weight excluding hydrogens is 819 g/mol. The SMILES string of the molecule is c1ccc(-c2ccc(N(c3ccc4c(c3)-c3ccccc3-c3ccccc3-c3ccccc3-4)c3ccc4c(c3)-c3ccccc3C4(c3ccccc3)c3ccccc3)c(-c3ccccc3)c2)cc1. The van der Waals surface area contributed by atoms with E-state index in [1.54, 1.807) is 0 Å². The Labute approximate surface area is 398 Å². The lowest BCUT2D eigenvalue weighted by Crippen LogP contribution is -2.28. The molecule has 0 radical (unpaired) electrons. The maximum atomic E-state index is 2.51. The fourth-order valence-corrected chi connectivity index (χ4v) is 11.4. The van der Waals surface area contributed by atoms with E-state index in [0.29, 0.717) is 0 Å². The van der Waals surface area contributed by atoms with Crippen molar-refractivity contribution in [2.75, 3.05) is 4.90 Å². The molecule has 0 unspecified atom stereocenters. The van der Waals surface area contributed by atoms with Gasteiger partial charge < -0.3 is 4.90 Å². The highest BCUT2D eigenvalue weighted by molar-refractivity contribution is 6.05. The van der Waals surface area contributed by atoms with Gasteiger partial charge in [-0.25, -0.2) is 0 Å². The Morgan fingerprint density at radius 2 is 0.618 bits per heavy atom. The highest BCUT2D eigenvalue weighted by atomic mass is 15.1. The van der Waals surface area contributed by atoms with Crippen LogP contribution in [0.1, 0.15) is 22.3 Å². The standard InChI is InChI=1S/C67H45N/c1-5-21-46(22-6-1)48-37-42-66(61(43-48)47-23-7-2-8-24-47)68(51-38-40-59-57-33-16-15-31-55(57)53-29-13-14-30-54(53)56-32-17-18-34-58(56)62(59)44-51)52-39-41-65-63(45-52)60-35-19-20-36-64(60)67(65,49-25-9-3-10-26-49)50-27-11-4-12-28-50/h1-45H. The maximum Gasteiger partial charge on any atom is 0.0713 e. The van der Waals surface area contributed by atoms with Crippen LogP contribution in [0.15, 0.2) is 273 Å². The summed E-state index contributed by atoms with van der Waals surface area (Å²) in [5.74, 6) is 0.